The van der Waals surface area contributed by atoms with Gasteiger partial charge in [0, 0.05) is 11.8 Å². The number of sulfone groups is 1. The Balaban J connectivity index is 2.05. The minimum atomic E-state index is -3.42. The largest absolute Gasteiger partial charge is 0.494 e. The van der Waals surface area contributed by atoms with Crippen LogP contribution in [0.5, 0.6) is 5.75 Å². The summed E-state index contributed by atoms with van der Waals surface area (Å²) in [6.07, 6.45) is 3.04. The molecule has 0 aliphatic carbocycles. The van der Waals surface area contributed by atoms with Crippen LogP contribution < -0.4 is 9.54 Å². The summed E-state index contributed by atoms with van der Waals surface area (Å²) in [7, 11) is -3.42. The van der Waals surface area contributed by atoms with Crippen LogP contribution >= 0.6 is 11.3 Å². The topological polar surface area (TPSA) is 104 Å². The molecule has 0 aliphatic heterocycles. The van der Waals surface area contributed by atoms with Crippen molar-refractivity contribution < 1.29 is 27.5 Å². The first-order chi connectivity index (χ1) is 15.7. The maximum Gasteiger partial charge on any atom is 0.326 e. The highest BCUT2D eigenvalue weighted by Gasteiger charge is 2.16. The molecular weight excluding hydrogens is 464 g/mol. The lowest BCUT2D eigenvalue weighted by Crippen LogP contribution is -2.23. The standard InChI is InChI=1S/C23H26N2O6S2/c1-4-6-12-31-17-9-7-8-16(13-17)22(27)24-23-25(15-21(26)30-5-2)19-11-10-18(33(3,28)29)14-20(19)32-23/h7-11,13-14H,4-6,12,15H2,1-3H3. The lowest BCUT2D eigenvalue weighted by atomic mass is 10.2. The van der Waals surface area contributed by atoms with E-state index in [9.17, 15) is 18.0 Å². The molecule has 0 unspecified atom stereocenters. The zero-order valence-corrected chi connectivity index (χ0v) is 20.4. The van der Waals surface area contributed by atoms with Crippen LogP contribution in [0.2, 0.25) is 0 Å². The van der Waals surface area contributed by atoms with Crippen LogP contribution in [-0.2, 0) is 25.9 Å². The first-order valence-electron chi connectivity index (χ1n) is 10.5. The van der Waals surface area contributed by atoms with Gasteiger partial charge in [0.15, 0.2) is 14.6 Å². The molecule has 3 rings (SSSR count). The van der Waals surface area contributed by atoms with E-state index in [-0.39, 0.29) is 22.8 Å². The normalized spacial score (nSPS) is 12.2. The van der Waals surface area contributed by atoms with Gasteiger partial charge in [-0.05, 0) is 49.7 Å². The molecule has 0 spiro atoms. The number of amides is 1. The van der Waals surface area contributed by atoms with E-state index < -0.39 is 21.7 Å². The van der Waals surface area contributed by atoms with Crippen molar-refractivity contribution in [2.75, 3.05) is 19.5 Å². The van der Waals surface area contributed by atoms with Crippen molar-refractivity contribution in [3.63, 3.8) is 0 Å². The number of carbonyl (C=O) groups excluding carboxylic acids is 2. The number of hydrogen-bond acceptors (Lipinski definition) is 7. The average molecular weight is 491 g/mol. The molecule has 1 amide bonds. The molecule has 10 heteroatoms. The predicted molar refractivity (Wildman–Crippen MR) is 126 cm³/mol. The number of aromatic nitrogens is 1. The van der Waals surface area contributed by atoms with Gasteiger partial charge in [0.2, 0.25) is 0 Å². The minimum absolute atomic E-state index is 0.148. The van der Waals surface area contributed by atoms with E-state index in [0.717, 1.165) is 30.4 Å². The Bertz CT molecular complexity index is 1340. The molecule has 0 atom stereocenters. The van der Waals surface area contributed by atoms with E-state index in [2.05, 4.69) is 11.9 Å². The van der Waals surface area contributed by atoms with Gasteiger partial charge in [0.25, 0.3) is 5.91 Å². The van der Waals surface area contributed by atoms with Crippen LogP contribution in [-0.4, -0.2) is 44.3 Å². The number of nitrogens with zero attached hydrogens (tertiary/aromatic N) is 2. The van der Waals surface area contributed by atoms with Crippen molar-refractivity contribution in [3.05, 3.63) is 52.8 Å². The van der Waals surface area contributed by atoms with Gasteiger partial charge in [-0.3, -0.25) is 9.59 Å². The number of thiazole rings is 1. The molecule has 176 valence electrons. The first-order valence-corrected chi connectivity index (χ1v) is 13.2. The molecule has 3 aromatic rings. The number of carbonyl (C=O) groups is 2. The maximum absolute atomic E-state index is 12.9. The lowest BCUT2D eigenvalue weighted by molar-refractivity contribution is -0.143. The number of rotatable bonds is 9. The predicted octanol–water partition coefficient (Wildman–Crippen LogP) is 3.59. The van der Waals surface area contributed by atoms with Gasteiger partial charge < -0.3 is 14.0 Å². The molecule has 0 fully saturated rings. The Kier molecular flexibility index (Phi) is 8.04. The van der Waals surface area contributed by atoms with Crippen molar-refractivity contribution in [2.24, 2.45) is 4.99 Å². The summed E-state index contributed by atoms with van der Waals surface area (Å²) in [5, 5.41) is 0. The van der Waals surface area contributed by atoms with Crippen LogP contribution in [0, 0.1) is 0 Å². The fourth-order valence-electron chi connectivity index (χ4n) is 3.06. The van der Waals surface area contributed by atoms with E-state index in [1.165, 1.54) is 12.1 Å². The highest BCUT2D eigenvalue weighted by atomic mass is 32.2. The highest BCUT2D eigenvalue weighted by Crippen LogP contribution is 2.22. The number of fused-ring (bicyclic) bond motifs is 1. The summed E-state index contributed by atoms with van der Waals surface area (Å²) in [4.78, 5) is 29.8. The van der Waals surface area contributed by atoms with E-state index >= 15 is 0 Å². The maximum atomic E-state index is 12.9. The smallest absolute Gasteiger partial charge is 0.326 e. The Hall–Kier alpha value is -2.98. The molecular formula is C23H26N2O6S2. The quantitative estimate of drug-likeness (QED) is 0.335. The van der Waals surface area contributed by atoms with E-state index in [4.69, 9.17) is 9.47 Å². The second kappa shape index (κ2) is 10.8. The van der Waals surface area contributed by atoms with Gasteiger partial charge >= 0.3 is 5.97 Å². The molecule has 0 saturated carbocycles. The van der Waals surface area contributed by atoms with Crippen molar-refractivity contribution in [1.29, 1.82) is 0 Å². The summed E-state index contributed by atoms with van der Waals surface area (Å²) in [5.74, 6) is -0.397. The molecule has 0 N–H and O–H groups in total. The van der Waals surface area contributed by atoms with E-state index in [1.54, 1.807) is 41.8 Å². The number of esters is 1. The molecule has 33 heavy (non-hydrogen) atoms. The van der Waals surface area contributed by atoms with Crippen LogP contribution in [0.15, 0.2) is 52.4 Å². The summed E-state index contributed by atoms with van der Waals surface area (Å²) < 4.78 is 36.8. The van der Waals surface area contributed by atoms with E-state index in [1.807, 2.05) is 0 Å². The van der Waals surface area contributed by atoms with Gasteiger partial charge in [0.05, 0.1) is 28.3 Å². The lowest BCUT2D eigenvalue weighted by Gasteiger charge is -2.06. The molecule has 1 aromatic heterocycles. The van der Waals surface area contributed by atoms with Crippen LogP contribution in [0.3, 0.4) is 0 Å². The summed E-state index contributed by atoms with van der Waals surface area (Å²) >= 11 is 1.13. The summed E-state index contributed by atoms with van der Waals surface area (Å²) in [5.41, 5.74) is 0.935. The van der Waals surface area contributed by atoms with Gasteiger partial charge in [-0.25, -0.2) is 8.42 Å². The second-order valence-corrected chi connectivity index (χ2v) is 10.3. The molecule has 0 bridgehead atoms. The van der Waals surface area contributed by atoms with Crippen molar-refractivity contribution in [1.82, 2.24) is 4.57 Å². The highest BCUT2D eigenvalue weighted by molar-refractivity contribution is 7.90. The van der Waals surface area contributed by atoms with Crippen LogP contribution in [0.1, 0.15) is 37.0 Å². The zero-order valence-electron chi connectivity index (χ0n) is 18.7. The third-order valence-electron chi connectivity index (χ3n) is 4.72. The number of benzene rings is 2. The van der Waals surface area contributed by atoms with Gasteiger partial charge in [0.1, 0.15) is 12.3 Å². The number of unbranched alkanes of at least 4 members (excludes halogenated alkanes) is 1. The SMILES string of the molecule is CCCCOc1cccc(C(=O)N=c2sc3cc(S(C)(=O)=O)ccc3n2CC(=O)OCC)c1. The fourth-order valence-corrected chi connectivity index (χ4v) is 4.85. The first kappa shape index (κ1) is 24.7. The molecule has 8 nitrogen and oxygen atoms in total. The molecule has 0 aliphatic rings. The zero-order chi connectivity index (χ0) is 24.0. The van der Waals surface area contributed by atoms with Crippen molar-refractivity contribution in [3.8, 4) is 5.75 Å². The monoisotopic (exact) mass is 490 g/mol. The third-order valence-corrected chi connectivity index (χ3v) is 6.87. The summed E-state index contributed by atoms with van der Waals surface area (Å²) in [6, 6.07) is 11.4. The Labute approximate surface area is 196 Å². The van der Waals surface area contributed by atoms with Gasteiger partial charge in [-0.2, -0.15) is 4.99 Å². The van der Waals surface area contributed by atoms with Crippen LogP contribution in [0.4, 0.5) is 0 Å². The van der Waals surface area contributed by atoms with Crippen molar-refractivity contribution >= 4 is 43.3 Å². The Morgan fingerprint density at radius 1 is 1.12 bits per heavy atom. The van der Waals surface area contributed by atoms with Crippen LogP contribution in [0.25, 0.3) is 10.2 Å². The fraction of sp³-hybridized carbons (Fsp3) is 0.348. The Morgan fingerprint density at radius 3 is 2.61 bits per heavy atom. The molecule has 2 aromatic carbocycles. The molecule has 0 radical (unpaired) electrons. The molecule has 0 saturated heterocycles. The van der Waals surface area contributed by atoms with Crippen molar-refractivity contribution in [2.45, 2.75) is 38.1 Å². The van der Waals surface area contributed by atoms with Gasteiger partial charge in [-0.1, -0.05) is 30.7 Å². The third kappa shape index (κ3) is 6.29. The minimum Gasteiger partial charge on any atom is -0.494 e. The Morgan fingerprint density at radius 2 is 1.91 bits per heavy atom. The second-order valence-electron chi connectivity index (χ2n) is 7.32. The molecule has 1 heterocycles. The summed E-state index contributed by atoms with van der Waals surface area (Å²) in [6.45, 7) is 4.40. The number of hydrogen-bond donors (Lipinski definition) is 0. The number of ether oxygens (including phenoxy) is 2. The average Bonchev–Trinajstić information content (AvgIpc) is 3.10. The van der Waals surface area contributed by atoms with E-state index in [0.29, 0.717) is 28.1 Å². The van der Waals surface area contributed by atoms with Gasteiger partial charge in [-0.15, -0.1) is 0 Å².